The van der Waals surface area contributed by atoms with E-state index in [0.29, 0.717) is 6.61 Å². The Morgan fingerprint density at radius 1 is 0.920 bits per heavy atom. The Morgan fingerprint density at radius 3 is 2.08 bits per heavy atom. The maximum absolute atomic E-state index is 9.62. The highest BCUT2D eigenvalue weighted by atomic mass is 28.4. The molecule has 1 atom stereocenters. The zero-order valence-electron chi connectivity index (χ0n) is 16.1. The summed E-state index contributed by atoms with van der Waals surface area (Å²) in [5.41, 5.74) is 2.06. The van der Waals surface area contributed by atoms with Gasteiger partial charge in [0, 0.05) is 0 Å². The average Bonchev–Trinajstić information content (AvgIpc) is 2.62. The molecular formula is C22H32O2Si. The second-order valence-corrected chi connectivity index (χ2v) is 12.3. The van der Waals surface area contributed by atoms with E-state index in [1.54, 1.807) is 0 Å². The summed E-state index contributed by atoms with van der Waals surface area (Å²) in [6, 6.07) is 20.0. The normalized spacial score (nSPS) is 14.3. The zero-order chi connectivity index (χ0) is 18.3. The van der Waals surface area contributed by atoms with Gasteiger partial charge in [0.25, 0.3) is 0 Å². The van der Waals surface area contributed by atoms with Gasteiger partial charge in [0.1, 0.15) is 0 Å². The molecule has 2 rings (SSSR count). The van der Waals surface area contributed by atoms with Crippen LogP contribution in [0.5, 0.6) is 0 Å². The molecule has 0 aliphatic heterocycles. The molecule has 0 fully saturated rings. The van der Waals surface area contributed by atoms with Crippen LogP contribution in [0, 0.1) is 0 Å². The van der Waals surface area contributed by atoms with Crippen molar-refractivity contribution in [3.8, 4) is 0 Å². The van der Waals surface area contributed by atoms with Gasteiger partial charge < -0.3 is 9.53 Å². The Hall–Kier alpha value is -1.42. The van der Waals surface area contributed by atoms with Crippen LogP contribution in [0.15, 0.2) is 54.6 Å². The summed E-state index contributed by atoms with van der Waals surface area (Å²) in [5.74, 6) is 0. The first kappa shape index (κ1) is 19.9. The topological polar surface area (TPSA) is 29.5 Å². The first-order valence-electron chi connectivity index (χ1n) is 9.31. The summed E-state index contributed by atoms with van der Waals surface area (Å²) in [4.78, 5) is 0. The quantitative estimate of drug-likeness (QED) is 0.663. The molecule has 2 aromatic rings. The standard InChI is InChI=1S/C22H32O2Si/c1-5-6-16-25(22(2,3)4,21-14-8-7-9-15-21)24-18-20-13-11-10-12-19(20)17-23/h7-15,23H,5-6,16-18H2,1-4H3. The zero-order valence-corrected chi connectivity index (χ0v) is 17.1. The number of aliphatic hydroxyl groups is 1. The van der Waals surface area contributed by atoms with Crippen LogP contribution in [0.3, 0.4) is 0 Å². The lowest BCUT2D eigenvalue weighted by molar-refractivity contribution is 0.258. The SMILES string of the molecule is CCCC[Si](OCc1ccccc1CO)(c1ccccc1)C(C)(C)C. The molecule has 0 saturated carbocycles. The van der Waals surface area contributed by atoms with E-state index < -0.39 is 8.32 Å². The second kappa shape index (κ2) is 8.79. The van der Waals surface area contributed by atoms with Crippen molar-refractivity contribution in [3.63, 3.8) is 0 Å². The fourth-order valence-corrected chi connectivity index (χ4v) is 8.14. The van der Waals surface area contributed by atoms with Crippen molar-refractivity contribution in [2.45, 2.75) is 64.8 Å². The molecule has 0 spiro atoms. The molecule has 0 aromatic heterocycles. The smallest absolute Gasteiger partial charge is 0.229 e. The van der Waals surface area contributed by atoms with Crippen LogP contribution in [0.1, 0.15) is 51.7 Å². The molecule has 3 heteroatoms. The van der Waals surface area contributed by atoms with E-state index in [1.807, 2.05) is 18.2 Å². The number of rotatable bonds is 8. The molecule has 2 nitrogen and oxygen atoms in total. The fourth-order valence-electron chi connectivity index (χ4n) is 3.51. The summed E-state index contributed by atoms with van der Waals surface area (Å²) in [6.45, 7) is 9.83. The third-order valence-corrected chi connectivity index (χ3v) is 10.5. The predicted molar refractivity (Wildman–Crippen MR) is 108 cm³/mol. The highest BCUT2D eigenvalue weighted by molar-refractivity contribution is 6.89. The number of unbranched alkanes of at least 4 members (excludes halogenated alkanes) is 1. The first-order valence-corrected chi connectivity index (χ1v) is 11.4. The van der Waals surface area contributed by atoms with Crippen molar-refractivity contribution >= 4 is 13.5 Å². The Bertz CT molecular complexity index is 649. The van der Waals surface area contributed by atoms with E-state index >= 15 is 0 Å². The molecule has 136 valence electrons. The minimum absolute atomic E-state index is 0.0594. The van der Waals surface area contributed by atoms with Crippen molar-refractivity contribution in [1.82, 2.24) is 0 Å². The summed E-state index contributed by atoms with van der Waals surface area (Å²) in [5, 5.41) is 11.1. The van der Waals surface area contributed by atoms with E-state index in [9.17, 15) is 5.11 Å². The van der Waals surface area contributed by atoms with Crippen molar-refractivity contribution in [3.05, 3.63) is 65.7 Å². The minimum atomic E-state index is -2.19. The fraction of sp³-hybridized carbons (Fsp3) is 0.455. The lowest BCUT2D eigenvalue weighted by atomic mass is 10.1. The van der Waals surface area contributed by atoms with Crippen LogP contribution in [0.2, 0.25) is 11.1 Å². The van der Waals surface area contributed by atoms with Crippen molar-refractivity contribution in [2.75, 3.05) is 0 Å². The van der Waals surface area contributed by atoms with E-state index in [-0.39, 0.29) is 11.6 Å². The molecule has 25 heavy (non-hydrogen) atoms. The van der Waals surface area contributed by atoms with Crippen molar-refractivity contribution in [1.29, 1.82) is 0 Å². The van der Waals surface area contributed by atoms with Gasteiger partial charge in [-0.25, -0.2) is 0 Å². The average molecular weight is 357 g/mol. The van der Waals surface area contributed by atoms with Gasteiger partial charge in [-0.15, -0.1) is 0 Å². The Labute approximate surface area is 154 Å². The third kappa shape index (κ3) is 4.60. The molecule has 0 heterocycles. The summed E-state index contributed by atoms with van der Waals surface area (Å²) < 4.78 is 6.84. The Kier molecular flexibility index (Phi) is 7.00. The van der Waals surface area contributed by atoms with Crippen LogP contribution in [0.4, 0.5) is 0 Å². The van der Waals surface area contributed by atoms with Gasteiger partial charge in [0.05, 0.1) is 13.2 Å². The van der Waals surface area contributed by atoms with Crippen LogP contribution in [-0.2, 0) is 17.6 Å². The molecule has 0 radical (unpaired) electrons. The maximum atomic E-state index is 9.62. The molecule has 2 aromatic carbocycles. The van der Waals surface area contributed by atoms with E-state index in [4.69, 9.17) is 4.43 Å². The van der Waals surface area contributed by atoms with Gasteiger partial charge in [-0.05, 0) is 27.4 Å². The van der Waals surface area contributed by atoms with Crippen LogP contribution < -0.4 is 5.19 Å². The lowest BCUT2D eigenvalue weighted by Gasteiger charge is -2.43. The molecule has 1 unspecified atom stereocenters. The van der Waals surface area contributed by atoms with Gasteiger partial charge in [0.15, 0.2) is 0 Å². The van der Waals surface area contributed by atoms with E-state index in [1.165, 1.54) is 18.0 Å². The molecular weight excluding hydrogens is 324 g/mol. The van der Waals surface area contributed by atoms with Gasteiger partial charge in [0.2, 0.25) is 8.32 Å². The van der Waals surface area contributed by atoms with Crippen molar-refractivity contribution < 1.29 is 9.53 Å². The lowest BCUT2D eigenvalue weighted by Crippen LogP contribution is -2.57. The van der Waals surface area contributed by atoms with Gasteiger partial charge >= 0.3 is 0 Å². The second-order valence-electron chi connectivity index (χ2n) is 7.76. The highest BCUT2D eigenvalue weighted by Crippen LogP contribution is 2.41. The Morgan fingerprint density at radius 2 is 1.52 bits per heavy atom. The predicted octanol–water partition coefficient (Wildman–Crippen LogP) is 5.15. The first-order chi connectivity index (χ1) is 11.9. The number of hydrogen-bond acceptors (Lipinski definition) is 2. The van der Waals surface area contributed by atoms with Crippen LogP contribution >= 0.6 is 0 Å². The maximum Gasteiger partial charge on any atom is 0.229 e. The third-order valence-electron chi connectivity index (χ3n) is 5.10. The minimum Gasteiger partial charge on any atom is -0.408 e. The number of aliphatic hydroxyl groups excluding tert-OH is 1. The molecule has 0 aliphatic carbocycles. The van der Waals surface area contributed by atoms with Gasteiger partial charge in [-0.1, -0.05) is 95.1 Å². The molecule has 1 N–H and O–H groups in total. The molecule has 0 saturated heterocycles. The van der Waals surface area contributed by atoms with Gasteiger partial charge in [-0.3, -0.25) is 0 Å². The summed E-state index contributed by atoms with van der Waals surface area (Å²) in [6.07, 6.45) is 2.36. The van der Waals surface area contributed by atoms with Gasteiger partial charge in [-0.2, -0.15) is 0 Å². The van der Waals surface area contributed by atoms with Crippen LogP contribution in [0.25, 0.3) is 0 Å². The molecule has 0 aliphatic rings. The van der Waals surface area contributed by atoms with Crippen molar-refractivity contribution in [2.24, 2.45) is 0 Å². The summed E-state index contributed by atoms with van der Waals surface area (Å²) in [7, 11) is -2.19. The van der Waals surface area contributed by atoms with E-state index in [0.717, 1.165) is 17.2 Å². The number of benzene rings is 2. The largest absolute Gasteiger partial charge is 0.408 e. The Balaban J connectivity index is 2.40. The van der Waals surface area contributed by atoms with Crippen LogP contribution in [-0.4, -0.2) is 13.4 Å². The van der Waals surface area contributed by atoms with E-state index in [2.05, 4.69) is 64.1 Å². The monoisotopic (exact) mass is 356 g/mol. The number of hydrogen-bond donors (Lipinski definition) is 1. The highest BCUT2D eigenvalue weighted by Gasteiger charge is 2.47. The molecule has 0 bridgehead atoms. The summed E-state index contributed by atoms with van der Waals surface area (Å²) >= 11 is 0. The molecule has 0 amide bonds.